The predicted octanol–water partition coefficient (Wildman–Crippen LogP) is 2.06. The largest absolute Gasteiger partial charge is 0.487 e. The smallest absolute Gasteiger partial charge is 0.339 e. The molecule has 2 aromatic carbocycles. The van der Waals surface area contributed by atoms with Gasteiger partial charge in [-0.25, -0.2) is 0 Å². The van der Waals surface area contributed by atoms with Gasteiger partial charge in [-0.2, -0.15) is 8.42 Å². The van der Waals surface area contributed by atoms with Gasteiger partial charge in [0.2, 0.25) is 0 Å². The van der Waals surface area contributed by atoms with Crippen LogP contribution in [0.3, 0.4) is 0 Å². The van der Waals surface area contributed by atoms with E-state index in [-0.39, 0.29) is 23.4 Å². The van der Waals surface area contributed by atoms with Gasteiger partial charge >= 0.3 is 10.1 Å². The molecule has 22 heavy (non-hydrogen) atoms. The minimum atomic E-state index is -3.86. The Morgan fingerprint density at radius 2 is 1.95 bits per heavy atom. The lowest BCUT2D eigenvalue weighted by atomic mass is 10.1. The van der Waals surface area contributed by atoms with Crippen molar-refractivity contribution in [2.75, 3.05) is 6.61 Å². The molecule has 1 unspecified atom stereocenters. The Balaban J connectivity index is 1.83. The molecule has 116 valence electrons. The van der Waals surface area contributed by atoms with Gasteiger partial charge in [0.25, 0.3) is 0 Å². The molecule has 6 heteroatoms. The van der Waals surface area contributed by atoms with E-state index in [2.05, 4.69) is 0 Å². The molecule has 0 radical (unpaired) electrons. The molecule has 0 bridgehead atoms. The van der Waals surface area contributed by atoms with Crippen LogP contribution in [0.5, 0.6) is 11.5 Å². The summed E-state index contributed by atoms with van der Waals surface area (Å²) in [5.74, 6) is 0.889. The van der Waals surface area contributed by atoms with Crippen molar-refractivity contribution in [2.45, 2.75) is 24.3 Å². The van der Waals surface area contributed by atoms with Crippen molar-refractivity contribution in [3.8, 4) is 11.5 Å². The summed E-state index contributed by atoms with van der Waals surface area (Å²) in [7, 11) is -3.86. The highest BCUT2D eigenvalue weighted by Crippen LogP contribution is 2.32. The third-order valence-electron chi connectivity index (χ3n) is 3.49. The Morgan fingerprint density at radius 3 is 2.64 bits per heavy atom. The van der Waals surface area contributed by atoms with Gasteiger partial charge in [-0.1, -0.05) is 17.7 Å². The van der Waals surface area contributed by atoms with Gasteiger partial charge < -0.3 is 14.0 Å². The van der Waals surface area contributed by atoms with E-state index in [1.807, 2.05) is 6.92 Å². The summed E-state index contributed by atoms with van der Waals surface area (Å²) in [6, 6.07) is 11.3. The Morgan fingerprint density at radius 1 is 1.23 bits per heavy atom. The van der Waals surface area contributed by atoms with E-state index in [9.17, 15) is 8.42 Å². The zero-order chi connectivity index (χ0) is 15.7. The van der Waals surface area contributed by atoms with E-state index in [4.69, 9.17) is 14.0 Å². The van der Waals surface area contributed by atoms with Crippen molar-refractivity contribution in [1.82, 2.24) is 0 Å². The standard InChI is InChI=1S/C16H16O5S/c1-11-2-5-15(6-3-11)22(18,19)21-13-4-7-16-12(8-13)9-14(10-17)20-16/h2-8,14,17H,9-10H2,1H3. The molecule has 0 amide bonds. The number of benzene rings is 2. The molecule has 0 aromatic heterocycles. The van der Waals surface area contributed by atoms with Gasteiger partial charge in [0, 0.05) is 12.0 Å². The first-order valence-electron chi connectivity index (χ1n) is 6.89. The number of aliphatic hydroxyl groups is 1. The summed E-state index contributed by atoms with van der Waals surface area (Å²) in [4.78, 5) is 0.114. The van der Waals surface area contributed by atoms with Crippen molar-refractivity contribution in [2.24, 2.45) is 0 Å². The SMILES string of the molecule is Cc1ccc(S(=O)(=O)Oc2ccc3c(c2)CC(CO)O3)cc1. The number of aliphatic hydroxyl groups excluding tert-OH is 1. The molecule has 0 saturated heterocycles. The Labute approximate surface area is 129 Å². The highest BCUT2D eigenvalue weighted by molar-refractivity contribution is 7.87. The lowest BCUT2D eigenvalue weighted by molar-refractivity contribution is 0.134. The molecule has 1 aliphatic rings. The zero-order valence-corrected chi connectivity index (χ0v) is 12.8. The highest BCUT2D eigenvalue weighted by Gasteiger charge is 2.24. The van der Waals surface area contributed by atoms with Crippen LogP contribution in [-0.2, 0) is 16.5 Å². The summed E-state index contributed by atoms with van der Waals surface area (Å²) in [6.45, 7) is 1.81. The second kappa shape index (κ2) is 5.62. The van der Waals surface area contributed by atoms with Crippen LogP contribution in [0.4, 0.5) is 0 Å². The summed E-state index contributed by atoms with van der Waals surface area (Å²) in [5, 5.41) is 9.11. The second-order valence-corrected chi connectivity index (χ2v) is 6.79. The average Bonchev–Trinajstić information content (AvgIpc) is 2.89. The van der Waals surface area contributed by atoms with Gasteiger partial charge in [-0.15, -0.1) is 0 Å². The van der Waals surface area contributed by atoms with E-state index in [1.54, 1.807) is 30.3 Å². The van der Waals surface area contributed by atoms with Crippen molar-refractivity contribution in [3.63, 3.8) is 0 Å². The minimum absolute atomic E-state index is 0.0768. The van der Waals surface area contributed by atoms with Crippen molar-refractivity contribution in [1.29, 1.82) is 0 Å². The molecule has 5 nitrogen and oxygen atoms in total. The van der Waals surface area contributed by atoms with Gasteiger partial charge in [0.05, 0.1) is 6.61 Å². The van der Waals surface area contributed by atoms with E-state index < -0.39 is 10.1 Å². The van der Waals surface area contributed by atoms with Crippen molar-refractivity contribution >= 4 is 10.1 Å². The zero-order valence-electron chi connectivity index (χ0n) is 12.0. The first-order valence-corrected chi connectivity index (χ1v) is 8.30. The van der Waals surface area contributed by atoms with E-state index in [0.717, 1.165) is 11.1 Å². The maximum absolute atomic E-state index is 12.2. The maximum Gasteiger partial charge on any atom is 0.339 e. The second-order valence-electron chi connectivity index (χ2n) is 5.25. The van der Waals surface area contributed by atoms with Crippen LogP contribution in [0.1, 0.15) is 11.1 Å². The first-order chi connectivity index (χ1) is 10.5. The lowest BCUT2D eigenvalue weighted by Crippen LogP contribution is -2.17. The number of aryl methyl sites for hydroxylation is 1. The summed E-state index contributed by atoms with van der Waals surface area (Å²) >= 11 is 0. The lowest BCUT2D eigenvalue weighted by Gasteiger charge is -2.08. The summed E-state index contributed by atoms with van der Waals surface area (Å²) in [5.41, 5.74) is 1.80. The molecule has 1 aliphatic heterocycles. The molecule has 2 aromatic rings. The number of hydrogen-bond donors (Lipinski definition) is 1. The van der Waals surface area contributed by atoms with E-state index in [1.165, 1.54) is 12.1 Å². The van der Waals surface area contributed by atoms with E-state index >= 15 is 0 Å². The molecule has 0 fully saturated rings. The average molecular weight is 320 g/mol. The van der Waals surface area contributed by atoms with Crippen LogP contribution in [0.2, 0.25) is 0 Å². The Kier molecular flexibility index (Phi) is 3.80. The summed E-state index contributed by atoms with van der Waals surface area (Å²) in [6.07, 6.45) is 0.257. The molecule has 0 spiro atoms. The van der Waals surface area contributed by atoms with Crippen LogP contribution >= 0.6 is 0 Å². The topological polar surface area (TPSA) is 72.8 Å². The van der Waals surface area contributed by atoms with E-state index in [0.29, 0.717) is 12.2 Å². The van der Waals surface area contributed by atoms with Gasteiger partial charge in [-0.05, 0) is 37.3 Å². The van der Waals surface area contributed by atoms with Gasteiger partial charge in [-0.3, -0.25) is 0 Å². The number of rotatable bonds is 4. The number of fused-ring (bicyclic) bond motifs is 1. The van der Waals surface area contributed by atoms with Crippen LogP contribution < -0.4 is 8.92 Å². The maximum atomic E-state index is 12.2. The first kappa shape index (κ1) is 14.9. The van der Waals surface area contributed by atoms with Crippen molar-refractivity contribution < 1.29 is 22.4 Å². The van der Waals surface area contributed by atoms with Crippen molar-refractivity contribution in [3.05, 3.63) is 53.6 Å². The molecule has 1 N–H and O–H groups in total. The fraction of sp³-hybridized carbons (Fsp3) is 0.250. The molecule has 0 aliphatic carbocycles. The number of ether oxygens (including phenoxy) is 1. The van der Waals surface area contributed by atoms with Crippen LogP contribution in [0.25, 0.3) is 0 Å². The molecule has 0 saturated carbocycles. The molecule has 1 atom stereocenters. The highest BCUT2D eigenvalue weighted by atomic mass is 32.2. The number of hydrogen-bond acceptors (Lipinski definition) is 5. The van der Waals surface area contributed by atoms with Gasteiger partial charge in [0.1, 0.15) is 22.5 Å². The minimum Gasteiger partial charge on any atom is -0.487 e. The van der Waals surface area contributed by atoms with Crippen LogP contribution in [0, 0.1) is 6.92 Å². The van der Waals surface area contributed by atoms with Crippen LogP contribution in [-0.4, -0.2) is 26.2 Å². The predicted molar refractivity (Wildman–Crippen MR) is 80.6 cm³/mol. The Hall–Kier alpha value is -2.05. The fourth-order valence-corrected chi connectivity index (χ4v) is 3.25. The van der Waals surface area contributed by atoms with Gasteiger partial charge in [0.15, 0.2) is 0 Å². The molecular weight excluding hydrogens is 304 g/mol. The summed E-state index contributed by atoms with van der Waals surface area (Å²) < 4.78 is 35.1. The molecular formula is C16H16O5S. The normalized spacial score (nSPS) is 16.9. The quantitative estimate of drug-likeness (QED) is 0.873. The Bertz CT molecular complexity index is 781. The molecule has 3 rings (SSSR count). The fourth-order valence-electron chi connectivity index (χ4n) is 2.33. The van der Waals surface area contributed by atoms with Crippen LogP contribution in [0.15, 0.2) is 47.4 Å². The third kappa shape index (κ3) is 2.93. The molecule has 1 heterocycles. The monoisotopic (exact) mass is 320 g/mol. The third-order valence-corrected chi connectivity index (χ3v) is 4.75.